The van der Waals surface area contributed by atoms with Gasteiger partial charge in [0, 0.05) is 43.2 Å². The second-order valence-corrected chi connectivity index (χ2v) is 6.81. The molecule has 1 aliphatic heterocycles. The lowest BCUT2D eigenvalue weighted by molar-refractivity contribution is 0.350. The molecule has 1 unspecified atom stereocenters. The van der Waals surface area contributed by atoms with Gasteiger partial charge in [-0.2, -0.15) is 11.8 Å². The molecule has 0 bridgehead atoms. The van der Waals surface area contributed by atoms with Crippen LogP contribution in [0.3, 0.4) is 0 Å². The van der Waals surface area contributed by atoms with E-state index in [1.54, 1.807) is 14.2 Å². The summed E-state index contributed by atoms with van der Waals surface area (Å²) in [5.74, 6) is 3.64. The molecule has 1 saturated heterocycles. The number of para-hydroxylation sites is 1. The zero-order chi connectivity index (χ0) is 16.7. The fourth-order valence-electron chi connectivity index (χ4n) is 2.76. The summed E-state index contributed by atoms with van der Waals surface area (Å²) in [5.41, 5.74) is 1.06. The lowest BCUT2D eigenvalue weighted by Crippen LogP contribution is -2.47. The highest BCUT2D eigenvalue weighted by Gasteiger charge is 2.21. The number of thioether (sulfide) groups is 1. The van der Waals surface area contributed by atoms with E-state index in [-0.39, 0.29) is 0 Å². The van der Waals surface area contributed by atoms with Crippen LogP contribution in [0.2, 0.25) is 0 Å². The summed E-state index contributed by atoms with van der Waals surface area (Å²) in [5, 5.41) is 4.15. The highest BCUT2D eigenvalue weighted by atomic mass is 32.2. The van der Waals surface area contributed by atoms with Gasteiger partial charge in [-0.15, -0.1) is 0 Å². The van der Waals surface area contributed by atoms with Crippen LogP contribution < -0.4 is 14.8 Å². The van der Waals surface area contributed by atoms with Crippen LogP contribution in [0.1, 0.15) is 18.9 Å². The normalized spacial score (nSPS) is 18.7. The highest BCUT2D eigenvalue weighted by Crippen LogP contribution is 2.30. The van der Waals surface area contributed by atoms with E-state index in [4.69, 9.17) is 9.47 Å². The Balaban J connectivity index is 2.04. The number of methoxy groups -OCH3 is 2. The van der Waals surface area contributed by atoms with Crippen LogP contribution in [0.5, 0.6) is 11.5 Å². The molecular formula is C17H27N3O2S. The molecule has 1 aromatic carbocycles. The van der Waals surface area contributed by atoms with Crippen molar-refractivity contribution in [3.63, 3.8) is 0 Å². The average Bonchev–Trinajstić information content (AvgIpc) is 2.62. The molecule has 1 fully saturated rings. The van der Waals surface area contributed by atoms with Crippen LogP contribution in [0.4, 0.5) is 0 Å². The first-order valence-electron chi connectivity index (χ1n) is 8.00. The van der Waals surface area contributed by atoms with Gasteiger partial charge in [-0.25, -0.2) is 0 Å². The summed E-state index contributed by atoms with van der Waals surface area (Å²) < 4.78 is 10.9. The third kappa shape index (κ3) is 4.47. The molecule has 0 saturated carbocycles. The van der Waals surface area contributed by atoms with Crippen molar-refractivity contribution >= 4 is 17.7 Å². The molecule has 2 rings (SSSR count). The number of hydrogen-bond donors (Lipinski definition) is 1. The number of rotatable bonds is 5. The van der Waals surface area contributed by atoms with Gasteiger partial charge < -0.3 is 19.7 Å². The SMILES string of the molecule is CCC1CN(C(=NC)NCc2cccc(OC)c2OC)CCS1. The lowest BCUT2D eigenvalue weighted by Gasteiger charge is -2.34. The van der Waals surface area contributed by atoms with Gasteiger partial charge in [0.05, 0.1) is 14.2 Å². The van der Waals surface area contributed by atoms with E-state index < -0.39 is 0 Å². The third-order valence-electron chi connectivity index (χ3n) is 4.03. The second kappa shape index (κ2) is 8.91. The molecule has 1 heterocycles. The summed E-state index contributed by atoms with van der Waals surface area (Å²) in [7, 11) is 5.17. The van der Waals surface area contributed by atoms with E-state index in [1.807, 2.05) is 25.2 Å². The van der Waals surface area contributed by atoms with Gasteiger partial charge in [0.15, 0.2) is 17.5 Å². The Labute approximate surface area is 143 Å². The van der Waals surface area contributed by atoms with E-state index >= 15 is 0 Å². The molecule has 0 amide bonds. The number of aliphatic imine (C=N–C) groups is 1. The van der Waals surface area contributed by atoms with Crippen LogP contribution in [0.15, 0.2) is 23.2 Å². The van der Waals surface area contributed by atoms with Crippen LogP contribution in [-0.4, -0.2) is 56.2 Å². The summed E-state index contributed by atoms with van der Waals surface area (Å²) in [6.07, 6.45) is 1.20. The molecule has 23 heavy (non-hydrogen) atoms. The van der Waals surface area contributed by atoms with E-state index in [2.05, 4.69) is 33.9 Å². The molecule has 0 aliphatic carbocycles. The lowest BCUT2D eigenvalue weighted by atomic mass is 10.2. The summed E-state index contributed by atoms with van der Waals surface area (Å²) in [6.45, 7) is 5.00. The predicted molar refractivity (Wildman–Crippen MR) is 97.9 cm³/mol. The number of ether oxygens (including phenoxy) is 2. The van der Waals surface area contributed by atoms with Crippen molar-refractivity contribution in [2.24, 2.45) is 4.99 Å². The molecule has 6 heteroatoms. The number of guanidine groups is 1. The number of nitrogens with zero attached hydrogens (tertiary/aromatic N) is 2. The summed E-state index contributed by atoms with van der Waals surface area (Å²) >= 11 is 2.06. The Morgan fingerprint density at radius 1 is 1.39 bits per heavy atom. The maximum atomic E-state index is 5.49. The Bertz CT molecular complexity index is 537. The quantitative estimate of drug-likeness (QED) is 0.661. The fraction of sp³-hybridized carbons (Fsp3) is 0.588. The number of hydrogen-bond acceptors (Lipinski definition) is 4. The standard InChI is InChI=1S/C17H27N3O2S/c1-5-14-12-20(9-10-23-14)17(18-2)19-11-13-7-6-8-15(21-3)16(13)22-4/h6-8,14H,5,9-12H2,1-4H3,(H,18,19). The van der Waals surface area contributed by atoms with Crippen LogP contribution >= 0.6 is 11.8 Å². The zero-order valence-electron chi connectivity index (χ0n) is 14.5. The van der Waals surface area contributed by atoms with Crippen molar-refractivity contribution in [3.05, 3.63) is 23.8 Å². The first-order chi connectivity index (χ1) is 11.2. The van der Waals surface area contributed by atoms with Crippen molar-refractivity contribution in [3.8, 4) is 11.5 Å². The average molecular weight is 337 g/mol. The van der Waals surface area contributed by atoms with Crippen LogP contribution in [0.25, 0.3) is 0 Å². The third-order valence-corrected chi connectivity index (χ3v) is 5.40. The topological polar surface area (TPSA) is 46.1 Å². The largest absolute Gasteiger partial charge is 0.493 e. The van der Waals surface area contributed by atoms with Gasteiger partial charge >= 0.3 is 0 Å². The minimum atomic E-state index is 0.660. The minimum Gasteiger partial charge on any atom is -0.493 e. The van der Waals surface area contributed by atoms with Gasteiger partial charge in [-0.3, -0.25) is 4.99 Å². The minimum absolute atomic E-state index is 0.660. The molecule has 0 radical (unpaired) electrons. The zero-order valence-corrected chi connectivity index (χ0v) is 15.3. The Hall–Kier alpha value is -1.56. The van der Waals surface area contributed by atoms with Gasteiger partial charge in [0.1, 0.15) is 0 Å². The monoisotopic (exact) mass is 337 g/mol. The first kappa shape index (κ1) is 17.8. The van der Waals surface area contributed by atoms with Gasteiger partial charge in [0.2, 0.25) is 0 Å². The van der Waals surface area contributed by atoms with Gasteiger partial charge in [-0.1, -0.05) is 19.1 Å². The maximum absolute atomic E-state index is 5.49. The van der Waals surface area contributed by atoms with Crippen molar-refractivity contribution < 1.29 is 9.47 Å². The Morgan fingerprint density at radius 3 is 2.87 bits per heavy atom. The van der Waals surface area contributed by atoms with Gasteiger partial charge in [0.25, 0.3) is 0 Å². The Kier molecular flexibility index (Phi) is 6.89. The molecule has 1 N–H and O–H groups in total. The first-order valence-corrected chi connectivity index (χ1v) is 9.05. The molecule has 1 aliphatic rings. The molecular weight excluding hydrogens is 310 g/mol. The molecule has 0 aromatic heterocycles. The van der Waals surface area contributed by atoms with E-state index in [1.165, 1.54) is 6.42 Å². The van der Waals surface area contributed by atoms with Gasteiger partial charge in [-0.05, 0) is 12.5 Å². The van der Waals surface area contributed by atoms with Crippen molar-refractivity contribution in [1.82, 2.24) is 10.2 Å². The molecule has 5 nitrogen and oxygen atoms in total. The summed E-state index contributed by atoms with van der Waals surface area (Å²) in [4.78, 5) is 6.79. The maximum Gasteiger partial charge on any atom is 0.193 e. The molecule has 1 aromatic rings. The molecule has 128 valence electrons. The highest BCUT2D eigenvalue weighted by molar-refractivity contribution is 8.00. The van der Waals surface area contributed by atoms with Crippen molar-refractivity contribution in [2.75, 3.05) is 40.1 Å². The van der Waals surface area contributed by atoms with E-state index in [0.29, 0.717) is 11.8 Å². The van der Waals surface area contributed by atoms with Crippen molar-refractivity contribution in [2.45, 2.75) is 25.1 Å². The number of nitrogens with one attached hydrogen (secondary N) is 1. The number of benzene rings is 1. The van der Waals surface area contributed by atoms with E-state index in [0.717, 1.165) is 41.9 Å². The fourth-order valence-corrected chi connectivity index (χ4v) is 3.94. The molecule has 0 spiro atoms. The van der Waals surface area contributed by atoms with Crippen molar-refractivity contribution in [1.29, 1.82) is 0 Å². The van der Waals surface area contributed by atoms with Crippen LogP contribution in [0, 0.1) is 0 Å². The smallest absolute Gasteiger partial charge is 0.193 e. The predicted octanol–water partition coefficient (Wildman–Crippen LogP) is 2.61. The Morgan fingerprint density at radius 2 is 2.22 bits per heavy atom. The van der Waals surface area contributed by atoms with Crippen LogP contribution in [-0.2, 0) is 6.54 Å². The molecule has 1 atom stereocenters. The van der Waals surface area contributed by atoms with E-state index in [9.17, 15) is 0 Å². The summed E-state index contributed by atoms with van der Waals surface area (Å²) in [6, 6.07) is 5.93. The second-order valence-electron chi connectivity index (χ2n) is 5.40.